The number of aryl methyl sites for hydroxylation is 1. The summed E-state index contributed by atoms with van der Waals surface area (Å²) >= 11 is 0. The summed E-state index contributed by atoms with van der Waals surface area (Å²) in [5, 5.41) is 9.43. The van der Waals surface area contributed by atoms with E-state index >= 15 is 0 Å². The summed E-state index contributed by atoms with van der Waals surface area (Å²) < 4.78 is 11.8. The predicted molar refractivity (Wildman–Crippen MR) is 70.9 cm³/mol. The van der Waals surface area contributed by atoms with Gasteiger partial charge in [0.2, 0.25) is 0 Å². The second-order valence-corrected chi connectivity index (χ2v) is 4.06. The molecule has 0 aliphatic heterocycles. The van der Waals surface area contributed by atoms with E-state index in [2.05, 4.69) is 4.98 Å². The van der Waals surface area contributed by atoms with Gasteiger partial charge in [-0.3, -0.25) is 9.36 Å². The van der Waals surface area contributed by atoms with Crippen LogP contribution < -0.4 is 15.0 Å². The van der Waals surface area contributed by atoms with Crippen LogP contribution in [0.4, 0.5) is 0 Å². The molecule has 6 heteroatoms. The Bertz CT molecular complexity index is 664. The van der Waals surface area contributed by atoms with Gasteiger partial charge in [0, 0.05) is 6.07 Å². The van der Waals surface area contributed by atoms with Crippen LogP contribution in [0.3, 0.4) is 0 Å². The molecule has 2 aromatic rings. The van der Waals surface area contributed by atoms with Gasteiger partial charge in [0.1, 0.15) is 5.82 Å². The highest BCUT2D eigenvalue weighted by molar-refractivity contribution is 5.81. The summed E-state index contributed by atoms with van der Waals surface area (Å²) in [6.07, 6.45) is 0. The number of ether oxygens (including phenoxy) is 2. The molecule has 0 spiro atoms. The lowest BCUT2D eigenvalue weighted by Crippen LogP contribution is -2.25. The fraction of sp³-hybridized carbons (Fsp3) is 0.385. The van der Waals surface area contributed by atoms with Crippen LogP contribution in [-0.4, -0.2) is 35.5 Å². The largest absolute Gasteiger partial charge is 0.493 e. The number of fused-ring (bicyclic) bond motifs is 1. The van der Waals surface area contributed by atoms with E-state index in [1.807, 2.05) is 0 Å². The highest BCUT2D eigenvalue weighted by Gasteiger charge is 2.12. The van der Waals surface area contributed by atoms with Crippen LogP contribution in [0.1, 0.15) is 5.82 Å². The van der Waals surface area contributed by atoms with Crippen LogP contribution in [0.5, 0.6) is 11.5 Å². The lowest BCUT2D eigenvalue weighted by molar-refractivity contribution is 0.272. The van der Waals surface area contributed by atoms with Crippen LogP contribution in [0, 0.1) is 6.92 Å². The van der Waals surface area contributed by atoms with Crippen molar-refractivity contribution in [1.29, 1.82) is 0 Å². The van der Waals surface area contributed by atoms with Crippen molar-refractivity contribution >= 4 is 10.9 Å². The molecular formula is C13H16N2O4. The molecule has 0 unspecified atom stereocenters. The second kappa shape index (κ2) is 5.27. The van der Waals surface area contributed by atoms with Crippen LogP contribution in [0.15, 0.2) is 16.9 Å². The smallest absolute Gasteiger partial charge is 0.261 e. The average Bonchev–Trinajstić information content (AvgIpc) is 2.42. The van der Waals surface area contributed by atoms with Gasteiger partial charge >= 0.3 is 0 Å². The van der Waals surface area contributed by atoms with E-state index in [4.69, 9.17) is 14.6 Å². The third-order valence-corrected chi connectivity index (χ3v) is 2.97. The monoisotopic (exact) mass is 264 g/mol. The summed E-state index contributed by atoms with van der Waals surface area (Å²) in [5.74, 6) is 1.56. The first-order valence-electron chi connectivity index (χ1n) is 5.86. The molecule has 0 radical (unpaired) electrons. The number of benzene rings is 1. The molecule has 102 valence electrons. The van der Waals surface area contributed by atoms with Gasteiger partial charge in [-0.25, -0.2) is 4.98 Å². The maximum atomic E-state index is 12.3. The van der Waals surface area contributed by atoms with Gasteiger partial charge in [-0.1, -0.05) is 0 Å². The summed E-state index contributed by atoms with van der Waals surface area (Å²) in [6, 6.07) is 3.28. The predicted octanol–water partition coefficient (Wildman–Crippen LogP) is 0.714. The van der Waals surface area contributed by atoms with Gasteiger partial charge in [0.15, 0.2) is 11.5 Å². The van der Waals surface area contributed by atoms with Crippen molar-refractivity contribution < 1.29 is 14.6 Å². The van der Waals surface area contributed by atoms with Gasteiger partial charge in [-0.05, 0) is 13.0 Å². The zero-order valence-corrected chi connectivity index (χ0v) is 11.1. The maximum Gasteiger partial charge on any atom is 0.261 e. The molecule has 19 heavy (non-hydrogen) atoms. The molecule has 0 saturated heterocycles. The first-order chi connectivity index (χ1) is 9.12. The number of hydrogen-bond acceptors (Lipinski definition) is 5. The maximum absolute atomic E-state index is 12.3. The quantitative estimate of drug-likeness (QED) is 0.880. The Morgan fingerprint density at radius 2 is 1.89 bits per heavy atom. The Hall–Kier alpha value is -2.08. The van der Waals surface area contributed by atoms with Gasteiger partial charge < -0.3 is 14.6 Å². The Morgan fingerprint density at radius 1 is 1.26 bits per heavy atom. The fourth-order valence-electron chi connectivity index (χ4n) is 2.02. The normalized spacial score (nSPS) is 10.7. The van der Waals surface area contributed by atoms with Crippen molar-refractivity contribution in [2.45, 2.75) is 13.5 Å². The van der Waals surface area contributed by atoms with E-state index in [0.717, 1.165) is 0 Å². The molecular weight excluding hydrogens is 248 g/mol. The van der Waals surface area contributed by atoms with Crippen LogP contribution >= 0.6 is 0 Å². The van der Waals surface area contributed by atoms with Gasteiger partial charge in [0.05, 0.1) is 38.3 Å². The molecule has 2 rings (SSSR count). The lowest BCUT2D eigenvalue weighted by Gasteiger charge is -2.12. The third kappa shape index (κ3) is 2.26. The molecule has 1 aromatic carbocycles. The molecule has 0 saturated carbocycles. The SMILES string of the molecule is COc1cc2nc(C)n(CCO)c(=O)c2cc1OC. The number of aliphatic hydroxyl groups excluding tert-OH is 1. The Kier molecular flexibility index (Phi) is 3.71. The van der Waals surface area contributed by atoms with Crippen molar-refractivity contribution in [3.8, 4) is 11.5 Å². The van der Waals surface area contributed by atoms with Crippen molar-refractivity contribution in [3.05, 3.63) is 28.3 Å². The van der Waals surface area contributed by atoms with Crippen LogP contribution in [0.2, 0.25) is 0 Å². The van der Waals surface area contributed by atoms with E-state index in [0.29, 0.717) is 28.2 Å². The van der Waals surface area contributed by atoms with E-state index in [9.17, 15) is 4.79 Å². The lowest BCUT2D eigenvalue weighted by atomic mass is 10.2. The molecule has 0 aliphatic carbocycles. The van der Waals surface area contributed by atoms with Crippen molar-refractivity contribution in [2.75, 3.05) is 20.8 Å². The Balaban J connectivity index is 2.78. The Labute approximate surface area is 110 Å². The summed E-state index contributed by atoms with van der Waals surface area (Å²) in [6.45, 7) is 1.84. The molecule has 1 heterocycles. The zero-order chi connectivity index (χ0) is 14.0. The van der Waals surface area contributed by atoms with Crippen LogP contribution in [0.25, 0.3) is 10.9 Å². The molecule has 1 aromatic heterocycles. The van der Waals surface area contributed by atoms with Crippen LogP contribution in [-0.2, 0) is 6.54 Å². The Morgan fingerprint density at radius 3 is 2.47 bits per heavy atom. The third-order valence-electron chi connectivity index (χ3n) is 2.97. The van der Waals surface area contributed by atoms with E-state index < -0.39 is 0 Å². The summed E-state index contributed by atoms with van der Waals surface area (Å²) in [7, 11) is 3.04. The highest BCUT2D eigenvalue weighted by Crippen LogP contribution is 2.30. The number of methoxy groups -OCH3 is 2. The van der Waals surface area contributed by atoms with E-state index in [-0.39, 0.29) is 18.7 Å². The van der Waals surface area contributed by atoms with Gasteiger partial charge in [-0.15, -0.1) is 0 Å². The molecule has 0 bridgehead atoms. The molecule has 0 fully saturated rings. The summed E-state index contributed by atoms with van der Waals surface area (Å²) in [5.41, 5.74) is 0.354. The van der Waals surface area contributed by atoms with E-state index in [1.165, 1.54) is 18.8 Å². The topological polar surface area (TPSA) is 73.6 Å². The first-order valence-corrected chi connectivity index (χ1v) is 5.86. The number of aliphatic hydroxyl groups is 1. The number of aromatic nitrogens is 2. The van der Waals surface area contributed by atoms with Gasteiger partial charge in [-0.2, -0.15) is 0 Å². The van der Waals surface area contributed by atoms with E-state index in [1.54, 1.807) is 19.1 Å². The summed E-state index contributed by atoms with van der Waals surface area (Å²) in [4.78, 5) is 16.7. The molecule has 1 N–H and O–H groups in total. The van der Waals surface area contributed by atoms with Gasteiger partial charge in [0.25, 0.3) is 5.56 Å². The minimum absolute atomic E-state index is 0.110. The minimum atomic E-state index is -0.197. The number of rotatable bonds is 4. The average molecular weight is 264 g/mol. The molecule has 0 atom stereocenters. The zero-order valence-electron chi connectivity index (χ0n) is 11.1. The minimum Gasteiger partial charge on any atom is -0.493 e. The highest BCUT2D eigenvalue weighted by atomic mass is 16.5. The standard InChI is InChI=1S/C13H16N2O4/c1-8-14-10-7-12(19-3)11(18-2)6-9(10)13(17)15(8)4-5-16/h6-7,16H,4-5H2,1-3H3. The number of nitrogens with zero attached hydrogens (tertiary/aromatic N) is 2. The molecule has 0 amide bonds. The first kappa shape index (κ1) is 13.4. The number of hydrogen-bond donors (Lipinski definition) is 1. The molecule has 6 nitrogen and oxygen atoms in total. The fourth-order valence-corrected chi connectivity index (χ4v) is 2.02. The van der Waals surface area contributed by atoms with Crippen molar-refractivity contribution in [3.63, 3.8) is 0 Å². The van der Waals surface area contributed by atoms with Crippen molar-refractivity contribution in [2.24, 2.45) is 0 Å². The molecule has 0 aliphatic rings. The second-order valence-electron chi connectivity index (χ2n) is 4.06. The van der Waals surface area contributed by atoms with Crippen molar-refractivity contribution in [1.82, 2.24) is 9.55 Å².